The number of ketones is 1. The van der Waals surface area contributed by atoms with Crippen LogP contribution in [0, 0.1) is 11.7 Å². The number of alkyl halides is 3. The first-order valence-electron chi connectivity index (χ1n) is 6.11. The Labute approximate surface area is 109 Å². The molecule has 0 heterocycles. The van der Waals surface area contributed by atoms with E-state index in [1.165, 1.54) is 0 Å². The monoisotopic (exact) mass is 276 g/mol. The summed E-state index contributed by atoms with van der Waals surface area (Å²) in [4.78, 5) is 11.8. The Morgan fingerprint density at radius 2 is 1.89 bits per heavy atom. The Bertz CT molecular complexity index is 449. The molecule has 0 atom stereocenters. The van der Waals surface area contributed by atoms with Crippen LogP contribution in [0.1, 0.15) is 49.0 Å². The number of carbonyl (C=O) groups is 1. The molecule has 1 aromatic rings. The second-order valence-electron chi connectivity index (χ2n) is 4.90. The van der Waals surface area contributed by atoms with Crippen molar-refractivity contribution in [1.29, 1.82) is 0 Å². The molecule has 19 heavy (non-hydrogen) atoms. The molecule has 0 N–H and O–H groups in total. The number of rotatable bonds is 5. The number of hydrogen-bond donors (Lipinski definition) is 0. The lowest BCUT2D eigenvalue weighted by Gasteiger charge is -2.12. The first-order valence-corrected chi connectivity index (χ1v) is 6.11. The normalized spacial score (nSPS) is 11.9. The van der Waals surface area contributed by atoms with Gasteiger partial charge in [-0.2, -0.15) is 13.2 Å². The molecule has 0 spiro atoms. The summed E-state index contributed by atoms with van der Waals surface area (Å²) >= 11 is 0. The van der Waals surface area contributed by atoms with E-state index in [-0.39, 0.29) is 6.42 Å². The second kappa shape index (κ2) is 6.17. The number of carbonyl (C=O) groups excluding carboxylic acids is 1. The highest BCUT2D eigenvalue weighted by atomic mass is 19.4. The maximum absolute atomic E-state index is 13.0. The van der Waals surface area contributed by atoms with E-state index < -0.39 is 28.9 Å². The lowest BCUT2D eigenvalue weighted by molar-refractivity contribution is -0.137. The Hall–Kier alpha value is -1.39. The van der Waals surface area contributed by atoms with Gasteiger partial charge in [0.25, 0.3) is 0 Å². The van der Waals surface area contributed by atoms with Gasteiger partial charge in [0.1, 0.15) is 5.82 Å². The minimum atomic E-state index is -4.64. The van der Waals surface area contributed by atoms with Crippen molar-refractivity contribution in [3.63, 3.8) is 0 Å². The average molecular weight is 276 g/mol. The van der Waals surface area contributed by atoms with Crippen LogP contribution in [0.2, 0.25) is 0 Å². The van der Waals surface area contributed by atoms with Gasteiger partial charge in [-0.15, -0.1) is 0 Å². The van der Waals surface area contributed by atoms with Crippen molar-refractivity contribution in [3.8, 4) is 0 Å². The van der Waals surface area contributed by atoms with E-state index in [4.69, 9.17) is 0 Å². The number of Topliss-reactive ketones (excluding diaryl/α,β-unsaturated/α-hetero) is 1. The molecule has 106 valence electrons. The van der Waals surface area contributed by atoms with E-state index in [2.05, 4.69) is 0 Å². The average Bonchev–Trinajstić information content (AvgIpc) is 2.26. The van der Waals surface area contributed by atoms with E-state index >= 15 is 0 Å². The fraction of sp³-hybridized carbons (Fsp3) is 0.500. The van der Waals surface area contributed by atoms with E-state index in [9.17, 15) is 22.4 Å². The fourth-order valence-electron chi connectivity index (χ4n) is 1.80. The summed E-state index contributed by atoms with van der Waals surface area (Å²) in [5, 5.41) is 0. The van der Waals surface area contributed by atoms with Gasteiger partial charge < -0.3 is 0 Å². The van der Waals surface area contributed by atoms with Crippen LogP contribution in [0.3, 0.4) is 0 Å². The molecule has 1 aromatic carbocycles. The van der Waals surface area contributed by atoms with Crippen molar-refractivity contribution >= 4 is 5.78 Å². The maximum atomic E-state index is 13.0. The second-order valence-corrected chi connectivity index (χ2v) is 4.90. The zero-order chi connectivity index (χ0) is 14.6. The van der Waals surface area contributed by atoms with Gasteiger partial charge in [-0.25, -0.2) is 4.39 Å². The molecule has 0 aliphatic heterocycles. The lowest BCUT2D eigenvalue weighted by Crippen LogP contribution is -2.13. The molecule has 0 radical (unpaired) electrons. The van der Waals surface area contributed by atoms with Crippen molar-refractivity contribution in [1.82, 2.24) is 0 Å². The standard InChI is InChI=1S/C14H16F4O/c1-9(2)4-3-5-13(19)11-8-10(15)6-7-12(11)14(16,17)18/h6-9H,3-5H2,1-2H3. The molecule has 0 amide bonds. The van der Waals surface area contributed by atoms with Gasteiger partial charge in [0.15, 0.2) is 5.78 Å². The molecule has 0 aliphatic carbocycles. The topological polar surface area (TPSA) is 17.1 Å². The fourth-order valence-corrected chi connectivity index (χ4v) is 1.80. The summed E-state index contributed by atoms with van der Waals surface area (Å²) in [5.41, 5.74) is -1.64. The summed E-state index contributed by atoms with van der Waals surface area (Å²) in [7, 11) is 0. The molecular weight excluding hydrogens is 260 g/mol. The molecule has 1 nitrogen and oxygen atoms in total. The Morgan fingerprint density at radius 3 is 2.42 bits per heavy atom. The molecule has 5 heteroatoms. The number of benzene rings is 1. The predicted octanol–water partition coefficient (Wildman–Crippen LogP) is 4.85. The summed E-state index contributed by atoms with van der Waals surface area (Å²) in [6.07, 6.45) is -3.38. The summed E-state index contributed by atoms with van der Waals surface area (Å²) < 4.78 is 51.2. The molecule has 1 rings (SSSR count). The van der Waals surface area contributed by atoms with Crippen LogP contribution in [0.25, 0.3) is 0 Å². The van der Waals surface area contributed by atoms with Gasteiger partial charge >= 0.3 is 6.18 Å². The zero-order valence-corrected chi connectivity index (χ0v) is 10.9. The van der Waals surface area contributed by atoms with Gasteiger partial charge in [0.05, 0.1) is 5.56 Å². The van der Waals surface area contributed by atoms with Gasteiger partial charge in [-0.1, -0.05) is 20.3 Å². The van der Waals surface area contributed by atoms with Crippen molar-refractivity contribution in [2.24, 2.45) is 5.92 Å². The smallest absolute Gasteiger partial charge is 0.294 e. The van der Waals surface area contributed by atoms with Crippen LogP contribution < -0.4 is 0 Å². The number of halogens is 4. The molecular formula is C14H16F4O. The highest BCUT2D eigenvalue weighted by Crippen LogP contribution is 2.33. The van der Waals surface area contributed by atoms with Crippen LogP contribution in [-0.2, 0) is 6.18 Å². The Balaban J connectivity index is 2.92. The Kier molecular flexibility index (Phi) is 5.09. The summed E-state index contributed by atoms with van der Waals surface area (Å²) in [5.74, 6) is -1.12. The predicted molar refractivity (Wildman–Crippen MR) is 64.4 cm³/mol. The first kappa shape index (κ1) is 15.7. The minimum absolute atomic E-state index is 0.00468. The molecule has 0 saturated heterocycles. The van der Waals surface area contributed by atoms with Gasteiger partial charge in [-0.05, 0) is 30.5 Å². The maximum Gasteiger partial charge on any atom is 0.417 e. The number of hydrogen-bond acceptors (Lipinski definition) is 1. The SMILES string of the molecule is CC(C)CCCC(=O)c1cc(F)ccc1C(F)(F)F. The third-order valence-electron chi connectivity index (χ3n) is 2.77. The molecule has 0 saturated carbocycles. The van der Waals surface area contributed by atoms with Crippen molar-refractivity contribution in [2.75, 3.05) is 0 Å². The summed E-state index contributed by atoms with van der Waals surface area (Å²) in [6, 6.07) is 2.00. The third kappa shape index (κ3) is 4.65. The highest BCUT2D eigenvalue weighted by molar-refractivity contribution is 5.97. The minimum Gasteiger partial charge on any atom is -0.294 e. The summed E-state index contributed by atoms with van der Waals surface area (Å²) in [6.45, 7) is 3.93. The molecule has 0 bridgehead atoms. The van der Waals surface area contributed by atoms with Crippen molar-refractivity contribution in [3.05, 3.63) is 35.1 Å². The Morgan fingerprint density at radius 1 is 1.26 bits per heavy atom. The zero-order valence-electron chi connectivity index (χ0n) is 10.9. The van der Waals surface area contributed by atoms with E-state index in [0.717, 1.165) is 6.42 Å². The van der Waals surface area contributed by atoms with Crippen LogP contribution in [0.4, 0.5) is 17.6 Å². The quantitative estimate of drug-likeness (QED) is 0.554. The first-order chi connectivity index (χ1) is 8.71. The molecule has 0 fully saturated rings. The van der Waals surface area contributed by atoms with Gasteiger partial charge in [0, 0.05) is 12.0 Å². The van der Waals surface area contributed by atoms with Crippen LogP contribution in [0.15, 0.2) is 18.2 Å². The van der Waals surface area contributed by atoms with Crippen LogP contribution in [0.5, 0.6) is 0 Å². The van der Waals surface area contributed by atoms with Crippen molar-refractivity contribution < 1.29 is 22.4 Å². The van der Waals surface area contributed by atoms with E-state index in [1.54, 1.807) is 0 Å². The van der Waals surface area contributed by atoms with E-state index in [0.29, 0.717) is 30.5 Å². The lowest BCUT2D eigenvalue weighted by atomic mass is 9.97. The van der Waals surface area contributed by atoms with Crippen molar-refractivity contribution in [2.45, 2.75) is 39.3 Å². The van der Waals surface area contributed by atoms with Gasteiger partial charge in [-0.3, -0.25) is 4.79 Å². The van der Waals surface area contributed by atoms with Crippen LogP contribution >= 0.6 is 0 Å². The largest absolute Gasteiger partial charge is 0.417 e. The third-order valence-corrected chi connectivity index (χ3v) is 2.77. The van der Waals surface area contributed by atoms with Crippen LogP contribution in [-0.4, -0.2) is 5.78 Å². The van der Waals surface area contributed by atoms with E-state index in [1.807, 2.05) is 13.8 Å². The highest BCUT2D eigenvalue weighted by Gasteiger charge is 2.35. The van der Waals surface area contributed by atoms with Gasteiger partial charge in [0.2, 0.25) is 0 Å². The molecule has 0 aliphatic rings. The molecule has 0 aromatic heterocycles. The molecule has 0 unspecified atom stereocenters.